The third-order valence-electron chi connectivity index (χ3n) is 10.8. The highest BCUT2D eigenvalue weighted by molar-refractivity contribution is 5.95. The van der Waals surface area contributed by atoms with Gasteiger partial charge in [0.15, 0.2) is 5.78 Å². The number of aliphatic hydroxyl groups is 4. The Morgan fingerprint density at radius 3 is 2.41 bits per heavy atom. The van der Waals surface area contributed by atoms with E-state index in [0.717, 1.165) is 31.3 Å². The van der Waals surface area contributed by atoms with Crippen molar-refractivity contribution in [3.8, 4) is 0 Å². The molecule has 0 aromatic carbocycles. The lowest BCUT2D eigenvalue weighted by atomic mass is 9.45. The number of fused-ring (bicyclic) bond motifs is 5. The minimum absolute atomic E-state index is 0.0155. The minimum atomic E-state index is -1.18. The SMILES string of the molecule is CO[C@H](CCC(C)C)[C@](C)(O)C1CC[C@@]2(O)C3=CC(=O)C4C[C@@H](O)[C@@H](O)CC4(C)C3CCC12C. The highest BCUT2D eigenvalue weighted by Crippen LogP contribution is 2.68. The van der Waals surface area contributed by atoms with Crippen LogP contribution in [0.4, 0.5) is 0 Å². The fourth-order valence-electron chi connectivity index (χ4n) is 8.67. The van der Waals surface area contributed by atoms with Crippen LogP contribution in [0.5, 0.6) is 0 Å². The van der Waals surface area contributed by atoms with Crippen LogP contribution in [0.3, 0.4) is 0 Å². The first-order valence-corrected chi connectivity index (χ1v) is 13.3. The number of methoxy groups -OCH3 is 1. The average Bonchev–Trinajstić information content (AvgIpc) is 3.02. The summed E-state index contributed by atoms with van der Waals surface area (Å²) in [6.07, 6.45) is 4.68. The van der Waals surface area contributed by atoms with Gasteiger partial charge in [-0.2, -0.15) is 0 Å². The molecule has 10 atom stereocenters. The standard InChI is InChI=1S/C28H46O6/c1-16(2)7-8-24(34-6)27(5,32)23-10-12-28(33)18-13-20(29)19-14-21(30)22(31)15-25(19,3)17(18)9-11-26(23,28)4/h13,16-17,19,21-24,30-33H,7-12,14-15H2,1-6H3/t17?,19?,21-,22+,23?,24-,25?,26?,27-,28-/m1/s1. The van der Waals surface area contributed by atoms with Gasteiger partial charge >= 0.3 is 0 Å². The first kappa shape index (κ1) is 26.3. The fourth-order valence-corrected chi connectivity index (χ4v) is 8.67. The Hall–Kier alpha value is -0.790. The van der Waals surface area contributed by atoms with Crippen molar-refractivity contribution in [1.82, 2.24) is 0 Å². The molecule has 6 nitrogen and oxygen atoms in total. The zero-order valence-corrected chi connectivity index (χ0v) is 21.9. The lowest BCUT2D eigenvalue weighted by Crippen LogP contribution is -2.63. The minimum Gasteiger partial charge on any atom is -0.390 e. The molecule has 0 aliphatic heterocycles. The van der Waals surface area contributed by atoms with Gasteiger partial charge in [-0.3, -0.25) is 4.79 Å². The number of carbonyl (C=O) groups excluding carboxylic acids is 1. The van der Waals surface area contributed by atoms with Gasteiger partial charge in [0.25, 0.3) is 0 Å². The summed E-state index contributed by atoms with van der Waals surface area (Å²) in [5.41, 5.74) is -2.55. The smallest absolute Gasteiger partial charge is 0.159 e. The summed E-state index contributed by atoms with van der Waals surface area (Å²) < 4.78 is 5.82. The molecule has 6 heteroatoms. The van der Waals surface area contributed by atoms with Crippen LogP contribution in [-0.4, -0.2) is 62.8 Å². The number of allylic oxidation sites excluding steroid dienone is 1. The van der Waals surface area contributed by atoms with E-state index in [0.29, 0.717) is 25.2 Å². The van der Waals surface area contributed by atoms with Crippen molar-refractivity contribution in [2.24, 2.45) is 34.5 Å². The second kappa shape index (κ2) is 8.65. The van der Waals surface area contributed by atoms with Crippen molar-refractivity contribution >= 4 is 5.78 Å². The number of aliphatic hydroxyl groups excluding tert-OH is 2. The Morgan fingerprint density at radius 2 is 1.79 bits per heavy atom. The van der Waals surface area contributed by atoms with E-state index in [9.17, 15) is 25.2 Å². The van der Waals surface area contributed by atoms with E-state index in [2.05, 4.69) is 27.7 Å². The Labute approximate surface area is 204 Å². The maximum atomic E-state index is 13.3. The number of carbonyl (C=O) groups is 1. The van der Waals surface area contributed by atoms with Crippen LogP contribution < -0.4 is 0 Å². The molecule has 0 amide bonds. The van der Waals surface area contributed by atoms with Gasteiger partial charge in [0.2, 0.25) is 0 Å². The molecule has 4 rings (SSSR count). The van der Waals surface area contributed by atoms with Crippen molar-refractivity contribution < 1.29 is 30.0 Å². The van der Waals surface area contributed by atoms with Gasteiger partial charge in [-0.05, 0) is 93.1 Å². The molecule has 0 aromatic rings. The average molecular weight is 479 g/mol. The first-order chi connectivity index (χ1) is 15.7. The van der Waals surface area contributed by atoms with Crippen molar-refractivity contribution in [1.29, 1.82) is 0 Å². The third-order valence-corrected chi connectivity index (χ3v) is 10.8. The van der Waals surface area contributed by atoms with E-state index in [4.69, 9.17) is 4.74 Å². The maximum Gasteiger partial charge on any atom is 0.159 e. The van der Waals surface area contributed by atoms with Crippen LogP contribution in [0, 0.1) is 34.5 Å². The van der Waals surface area contributed by atoms with Gasteiger partial charge in [0.1, 0.15) is 0 Å². The molecule has 4 aliphatic rings. The number of ether oxygens (including phenoxy) is 1. The largest absolute Gasteiger partial charge is 0.390 e. The molecular formula is C28H46O6. The van der Waals surface area contributed by atoms with Crippen molar-refractivity contribution in [3.63, 3.8) is 0 Å². The molecule has 0 bridgehead atoms. The summed E-state index contributed by atoms with van der Waals surface area (Å²) in [5, 5.41) is 44.9. The van der Waals surface area contributed by atoms with Crippen LogP contribution in [0.25, 0.3) is 0 Å². The number of hydrogen-bond donors (Lipinski definition) is 4. The normalized spacial score (nSPS) is 46.9. The molecule has 0 spiro atoms. The summed E-state index contributed by atoms with van der Waals surface area (Å²) in [6.45, 7) is 10.3. The molecule has 0 aromatic heterocycles. The van der Waals surface area contributed by atoms with Gasteiger partial charge in [-0.1, -0.05) is 27.7 Å². The molecule has 4 N–H and O–H groups in total. The fraction of sp³-hybridized carbons (Fsp3) is 0.893. The van der Waals surface area contributed by atoms with E-state index in [-0.39, 0.29) is 36.1 Å². The van der Waals surface area contributed by atoms with Gasteiger partial charge in [-0.15, -0.1) is 0 Å². The van der Waals surface area contributed by atoms with Gasteiger partial charge < -0.3 is 25.2 Å². The van der Waals surface area contributed by atoms with Crippen molar-refractivity contribution in [2.45, 2.75) is 115 Å². The second-order valence-corrected chi connectivity index (χ2v) is 13.0. The summed E-state index contributed by atoms with van der Waals surface area (Å²) in [6, 6.07) is 0. The first-order valence-electron chi connectivity index (χ1n) is 13.3. The summed E-state index contributed by atoms with van der Waals surface area (Å²) >= 11 is 0. The highest BCUT2D eigenvalue weighted by atomic mass is 16.5. The molecule has 0 radical (unpaired) electrons. The Kier molecular flexibility index (Phi) is 6.69. The molecule has 5 unspecified atom stereocenters. The highest BCUT2D eigenvalue weighted by Gasteiger charge is 2.69. The summed E-state index contributed by atoms with van der Waals surface area (Å²) in [7, 11) is 1.66. The topological polar surface area (TPSA) is 107 Å². The van der Waals surface area contributed by atoms with E-state index in [1.54, 1.807) is 13.2 Å². The maximum absolute atomic E-state index is 13.3. The Balaban J connectivity index is 1.69. The van der Waals surface area contributed by atoms with E-state index in [1.165, 1.54) is 0 Å². The quantitative estimate of drug-likeness (QED) is 0.466. The monoisotopic (exact) mass is 478 g/mol. The third kappa shape index (κ3) is 3.66. The predicted molar refractivity (Wildman–Crippen MR) is 130 cm³/mol. The van der Waals surface area contributed by atoms with Crippen LogP contribution >= 0.6 is 0 Å². The van der Waals surface area contributed by atoms with Crippen LogP contribution in [0.2, 0.25) is 0 Å². The molecule has 34 heavy (non-hydrogen) atoms. The molecule has 4 aliphatic carbocycles. The predicted octanol–water partition coefficient (Wildman–Crippen LogP) is 3.39. The Bertz CT molecular complexity index is 835. The van der Waals surface area contributed by atoms with Gasteiger partial charge in [0, 0.05) is 18.4 Å². The molecular weight excluding hydrogens is 432 g/mol. The van der Waals surface area contributed by atoms with Crippen LogP contribution in [0.15, 0.2) is 11.6 Å². The number of rotatable bonds is 6. The lowest BCUT2D eigenvalue weighted by Gasteiger charge is -2.60. The van der Waals surface area contributed by atoms with Crippen molar-refractivity contribution in [3.05, 3.63) is 11.6 Å². The molecule has 3 saturated carbocycles. The lowest BCUT2D eigenvalue weighted by molar-refractivity contribution is -0.180. The van der Waals surface area contributed by atoms with E-state index in [1.807, 2.05) is 6.92 Å². The molecule has 0 saturated heterocycles. The number of ketones is 1. The molecule has 0 heterocycles. The summed E-state index contributed by atoms with van der Waals surface area (Å²) in [4.78, 5) is 13.3. The van der Waals surface area contributed by atoms with Crippen LogP contribution in [0.1, 0.15) is 86.0 Å². The molecule has 194 valence electrons. The van der Waals surface area contributed by atoms with Gasteiger partial charge in [0.05, 0.1) is 29.5 Å². The van der Waals surface area contributed by atoms with E-state index >= 15 is 0 Å². The zero-order chi connectivity index (χ0) is 25.3. The molecule has 3 fully saturated rings. The van der Waals surface area contributed by atoms with Crippen molar-refractivity contribution in [2.75, 3.05) is 7.11 Å². The van der Waals surface area contributed by atoms with Gasteiger partial charge in [-0.25, -0.2) is 0 Å². The van der Waals surface area contributed by atoms with E-state index < -0.39 is 34.2 Å². The van der Waals surface area contributed by atoms with Crippen LogP contribution in [-0.2, 0) is 9.53 Å². The number of hydrogen-bond acceptors (Lipinski definition) is 6. The zero-order valence-electron chi connectivity index (χ0n) is 21.9. The Morgan fingerprint density at radius 1 is 1.12 bits per heavy atom. The second-order valence-electron chi connectivity index (χ2n) is 13.0. The summed E-state index contributed by atoms with van der Waals surface area (Å²) in [5.74, 6) is -0.0424.